The third kappa shape index (κ3) is 5.21. The lowest BCUT2D eigenvalue weighted by atomic mass is 10.1. The Morgan fingerprint density at radius 1 is 0.794 bits per heavy atom. The highest BCUT2D eigenvalue weighted by Crippen LogP contribution is 2.28. The number of rotatable bonds is 6. The zero-order chi connectivity index (χ0) is 23.9. The molecule has 1 fully saturated rings. The SMILES string of the molecule is COC(=O)C1=C(C(=O)OC)N(c2ccc(N3CCN(Cc4ccccc4)CC3)cc2)C=CC=C1. The van der Waals surface area contributed by atoms with Crippen LogP contribution in [0.5, 0.6) is 0 Å². The minimum absolute atomic E-state index is 0.113. The van der Waals surface area contributed by atoms with E-state index in [9.17, 15) is 9.59 Å². The number of benzene rings is 2. The summed E-state index contributed by atoms with van der Waals surface area (Å²) in [5.74, 6) is -1.22. The maximum absolute atomic E-state index is 12.6. The zero-order valence-electron chi connectivity index (χ0n) is 19.5. The molecule has 7 nitrogen and oxygen atoms in total. The van der Waals surface area contributed by atoms with E-state index in [1.807, 2.05) is 30.3 Å². The number of ether oxygens (including phenoxy) is 2. The van der Waals surface area contributed by atoms with Crippen LogP contribution in [0.4, 0.5) is 11.4 Å². The molecule has 0 spiro atoms. The molecule has 176 valence electrons. The van der Waals surface area contributed by atoms with Gasteiger partial charge in [0.05, 0.1) is 19.8 Å². The van der Waals surface area contributed by atoms with Crippen LogP contribution in [0.1, 0.15) is 5.56 Å². The van der Waals surface area contributed by atoms with Gasteiger partial charge >= 0.3 is 11.9 Å². The van der Waals surface area contributed by atoms with Gasteiger partial charge in [0, 0.05) is 50.3 Å². The summed E-state index contributed by atoms with van der Waals surface area (Å²) in [5, 5.41) is 0. The highest BCUT2D eigenvalue weighted by Gasteiger charge is 2.27. The van der Waals surface area contributed by atoms with E-state index in [1.165, 1.54) is 19.8 Å². The molecule has 0 saturated carbocycles. The van der Waals surface area contributed by atoms with Crippen molar-refractivity contribution in [2.75, 3.05) is 50.2 Å². The summed E-state index contributed by atoms with van der Waals surface area (Å²) in [7, 11) is 2.58. The molecular weight excluding hydrogens is 430 g/mol. The molecule has 0 N–H and O–H groups in total. The molecule has 0 unspecified atom stereocenters. The molecule has 0 radical (unpaired) electrons. The maximum atomic E-state index is 12.6. The van der Waals surface area contributed by atoms with Crippen molar-refractivity contribution in [3.63, 3.8) is 0 Å². The van der Waals surface area contributed by atoms with Crippen LogP contribution >= 0.6 is 0 Å². The second-order valence-corrected chi connectivity index (χ2v) is 8.08. The number of nitrogens with zero attached hydrogens (tertiary/aromatic N) is 3. The fraction of sp³-hybridized carbons (Fsp3) is 0.259. The summed E-state index contributed by atoms with van der Waals surface area (Å²) in [6.07, 6.45) is 6.74. The molecule has 0 amide bonds. The van der Waals surface area contributed by atoms with E-state index in [-0.39, 0.29) is 11.3 Å². The third-order valence-corrected chi connectivity index (χ3v) is 6.00. The van der Waals surface area contributed by atoms with Crippen molar-refractivity contribution in [1.29, 1.82) is 0 Å². The van der Waals surface area contributed by atoms with Crippen molar-refractivity contribution < 1.29 is 19.1 Å². The van der Waals surface area contributed by atoms with E-state index in [2.05, 4.69) is 34.1 Å². The summed E-state index contributed by atoms with van der Waals surface area (Å²) >= 11 is 0. The van der Waals surface area contributed by atoms with Gasteiger partial charge in [0.1, 0.15) is 5.70 Å². The second kappa shape index (κ2) is 10.9. The average Bonchev–Trinajstić information content (AvgIpc) is 3.12. The van der Waals surface area contributed by atoms with Crippen molar-refractivity contribution in [3.8, 4) is 0 Å². The number of hydrogen-bond donors (Lipinski definition) is 0. The predicted octanol–water partition coefficient (Wildman–Crippen LogP) is 3.50. The monoisotopic (exact) mass is 459 g/mol. The quantitative estimate of drug-likeness (QED) is 0.613. The minimum atomic E-state index is -0.616. The fourth-order valence-electron chi connectivity index (χ4n) is 4.20. The predicted molar refractivity (Wildman–Crippen MR) is 132 cm³/mol. The number of hydrogen-bond acceptors (Lipinski definition) is 7. The molecule has 34 heavy (non-hydrogen) atoms. The van der Waals surface area contributed by atoms with Crippen molar-refractivity contribution >= 4 is 23.3 Å². The van der Waals surface area contributed by atoms with Gasteiger partial charge < -0.3 is 19.3 Å². The molecular formula is C27H29N3O4. The van der Waals surface area contributed by atoms with E-state index in [1.54, 1.807) is 29.3 Å². The normalized spacial score (nSPS) is 16.4. The van der Waals surface area contributed by atoms with E-state index in [0.29, 0.717) is 0 Å². The Morgan fingerprint density at radius 2 is 1.44 bits per heavy atom. The van der Waals surface area contributed by atoms with Gasteiger partial charge in [-0.25, -0.2) is 9.59 Å². The van der Waals surface area contributed by atoms with E-state index < -0.39 is 11.9 Å². The highest BCUT2D eigenvalue weighted by molar-refractivity contribution is 6.05. The van der Waals surface area contributed by atoms with Gasteiger partial charge in [-0.2, -0.15) is 0 Å². The lowest BCUT2D eigenvalue weighted by Crippen LogP contribution is -2.45. The first kappa shape index (κ1) is 23.3. The first-order valence-corrected chi connectivity index (χ1v) is 11.3. The van der Waals surface area contributed by atoms with Crippen LogP contribution in [0.15, 0.2) is 90.3 Å². The molecule has 2 heterocycles. The maximum Gasteiger partial charge on any atom is 0.355 e. The third-order valence-electron chi connectivity index (χ3n) is 6.00. The zero-order valence-corrected chi connectivity index (χ0v) is 19.5. The van der Waals surface area contributed by atoms with E-state index >= 15 is 0 Å². The molecule has 2 aliphatic rings. The van der Waals surface area contributed by atoms with Gasteiger partial charge in [0.2, 0.25) is 0 Å². The smallest absolute Gasteiger partial charge is 0.355 e. The Bertz CT molecular complexity index is 1100. The second-order valence-electron chi connectivity index (χ2n) is 8.08. The van der Waals surface area contributed by atoms with Crippen molar-refractivity contribution in [2.24, 2.45) is 0 Å². The van der Waals surface area contributed by atoms with Crippen molar-refractivity contribution in [2.45, 2.75) is 6.54 Å². The standard InChI is InChI=1S/C27H29N3O4/c1-33-26(31)24-10-6-7-15-30(25(24)27(32)34-2)23-13-11-22(12-14-23)29-18-16-28(17-19-29)20-21-8-4-3-5-9-21/h3-15H,16-20H2,1-2H3. The summed E-state index contributed by atoms with van der Waals surface area (Å²) in [6.45, 7) is 4.84. The average molecular weight is 460 g/mol. The summed E-state index contributed by atoms with van der Waals surface area (Å²) in [5.41, 5.74) is 3.45. The molecule has 4 rings (SSSR count). The number of methoxy groups -OCH3 is 2. The first-order chi connectivity index (χ1) is 16.6. The number of piperazine rings is 1. The fourth-order valence-corrected chi connectivity index (χ4v) is 4.20. The van der Waals surface area contributed by atoms with Crippen LogP contribution in [0.25, 0.3) is 0 Å². The van der Waals surface area contributed by atoms with Crippen LogP contribution in [0.2, 0.25) is 0 Å². The summed E-state index contributed by atoms with van der Waals surface area (Å²) in [6, 6.07) is 18.5. The molecule has 2 aliphatic heterocycles. The Kier molecular flexibility index (Phi) is 7.44. The Labute approximate surface area is 200 Å². The van der Waals surface area contributed by atoms with Crippen molar-refractivity contribution in [1.82, 2.24) is 4.90 Å². The van der Waals surface area contributed by atoms with E-state index in [0.717, 1.165) is 44.1 Å². The minimum Gasteiger partial charge on any atom is -0.465 e. The molecule has 0 atom stereocenters. The molecule has 2 aromatic carbocycles. The lowest BCUT2D eigenvalue weighted by Gasteiger charge is -2.36. The number of carbonyl (C=O) groups is 2. The largest absolute Gasteiger partial charge is 0.465 e. The van der Waals surface area contributed by atoms with Gasteiger partial charge in [0.25, 0.3) is 0 Å². The highest BCUT2D eigenvalue weighted by atomic mass is 16.5. The van der Waals surface area contributed by atoms with Gasteiger partial charge in [-0.1, -0.05) is 36.4 Å². The van der Waals surface area contributed by atoms with Crippen LogP contribution in [-0.4, -0.2) is 57.2 Å². The molecule has 1 saturated heterocycles. The Hall–Kier alpha value is -3.84. The molecule has 0 aromatic heterocycles. The van der Waals surface area contributed by atoms with Gasteiger partial charge in [-0.3, -0.25) is 4.90 Å². The number of esters is 2. The van der Waals surface area contributed by atoms with Crippen LogP contribution in [0.3, 0.4) is 0 Å². The van der Waals surface area contributed by atoms with Crippen molar-refractivity contribution in [3.05, 3.63) is 95.9 Å². The number of allylic oxidation sites excluding steroid dienone is 2. The Balaban J connectivity index is 1.48. The molecule has 2 aromatic rings. The van der Waals surface area contributed by atoms with Gasteiger partial charge in [-0.15, -0.1) is 0 Å². The lowest BCUT2D eigenvalue weighted by molar-refractivity contribution is -0.139. The molecule has 0 aliphatic carbocycles. The molecule has 0 bridgehead atoms. The van der Waals surface area contributed by atoms with Gasteiger partial charge in [-0.05, 0) is 42.0 Å². The first-order valence-electron chi connectivity index (χ1n) is 11.3. The molecule has 7 heteroatoms. The topological polar surface area (TPSA) is 62.3 Å². The Morgan fingerprint density at radius 3 is 2.09 bits per heavy atom. The summed E-state index contributed by atoms with van der Waals surface area (Å²) in [4.78, 5) is 31.4. The number of carbonyl (C=O) groups excluding carboxylic acids is 2. The van der Waals surface area contributed by atoms with Gasteiger partial charge in [0.15, 0.2) is 0 Å². The van der Waals surface area contributed by atoms with E-state index in [4.69, 9.17) is 9.47 Å². The van der Waals surface area contributed by atoms with Crippen LogP contribution in [-0.2, 0) is 25.6 Å². The number of anilines is 2. The van der Waals surface area contributed by atoms with Crippen LogP contribution in [0, 0.1) is 0 Å². The van der Waals surface area contributed by atoms with Crippen LogP contribution < -0.4 is 9.80 Å². The summed E-state index contributed by atoms with van der Waals surface area (Å²) < 4.78 is 9.84.